The molecule has 9 heavy (non-hydrogen) atoms. The first-order valence-electron chi connectivity index (χ1n) is 1.57. The van der Waals surface area contributed by atoms with Crippen LogP contribution in [0.5, 0.6) is 0 Å². The Morgan fingerprint density at radius 2 is 1.78 bits per heavy atom. The van der Waals surface area contributed by atoms with Crippen molar-refractivity contribution in [2.24, 2.45) is 4.40 Å². The molecule has 0 rings (SSSR count). The molecule has 0 aliphatic carbocycles. The van der Waals surface area contributed by atoms with Crippen molar-refractivity contribution >= 4 is 73.4 Å². The predicted molar refractivity (Wildman–Crippen MR) is 47.0 cm³/mol. The van der Waals surface area contributed by atoms with E-state index in [1.807, 2.05) is 0 Å². The smallest absolute Gasteiger partial charge is 0.188 e. The maximum atomic E-state index is 5.31. The Labute approximate surface area is 81.3 Å². The van der Waals surface area contributed by atoms with Crippen molar-refractivity contribution in [3.63, 3.8) is 0 Å². The van der Waals surface area contributed by atoms with Crippen LogP contribution in [0.3, 0.4) is 0 Å². The highest BCUT2D eigenvalue weighted by Crippen LogP contribution is 2.31. The average Bonchev–Trinajstić information content (AvgIpc) is 1.64. The summed E-state index contributed by atoms with van der Waals surface area (Å²) in [4.78, 5) is 0. The van der Waals surface area contributed by atoms with Crippen LogP contribution in [0.1, 0.15) is 0 Å². The van der Waals surface area contributed by atoms with Gasteiger partial charge in [0.25, 0.3) is 0 Å². The summed E-state index contributed by atoms with van der Waals surface area (Å²) < 4.78 is 1.70. The van der Waals surface area contributed by atoms with E-state index in [0.29, 0.717) is 11.2 Å². The summed E-state index contributed by atoms with van der Waals surface area (Å²) in [7, 11) is 5.07. The molecule has 0 unspecified atom stereocenters. The van der Waals surface area contributed by atoms with Crippen molar-refractivity contribution in [1.29, 1.82) is 0 Å². The van der Waals surface area contributed by atoms with Crippen LogP contribution in [-0.4, -0.2) is 8.96 Å². The van der Waals surface area contributed by atoms with Crippen molar-refractivity contribution in [2.75, 3.05) is 0 Å². The number of hydrogen-bond acceptors (Lipinski definition) is 2. The second-order valence-corrected chi connectivity index (χ2v) is 4.32. The molecule has 0 saturated heterocycles. The zero-order chi connectivity index (χ0) is 7.49. The van der Waals surface area contributed by atoms with Gasteiger partial charge in [-0.15, -0.1) is 0 Å². The Kier molecular flexibility index (Phi) is 5.08. The van der Waals surface area contributed by atoms with Gasteiger partial charge in [0.15, 0.2) is 5.17 Å². The Bertz CT molecular complexity index is 117. The largest absolute Gasteiger partial charge is 0.244 e. The van der Waals surface area contributed by atoms with E-state index in [0.717, 1.165) is 0 Å². The molecular formula is C2Cl5NS. The maximum Gasteiger partial charge on any atom is 0.244 e. The lowest BCUT2D eigenvalue weighted by Gasteiger charge is -2.04. The molecule has 0 amide bonds. The van der Waals surface area contributed by atoms with Gasteiger partial charge in [0.1, 0.15) is 0 Å². The molecule has 0 atom stereocenters. The molecule has 54 valence electrons. The van der Waals surface area contributed by atoms with Gasteiger partial charge < -0.3 is 0 Å². The maximum absolute atomic E-state index is 5.31. The molecule has 0 aromatic heterocycles. The third-order valence-electron chi connectivity index (χ3n) is 0.349. The summed E-state index contributed by atoms with van der Waals surface area (Å²) in [5.41, 5.74) is 0. The summed E-state index contributed by atoms with van der Waals surface area (Å²) in [5, 5.41) is -0.160. The molecule has 0 spiro atoms. The lowest BCUT2D eigenvalue weighted by Crippen LogP contribution is -2.11. The number of nitrogens with zero attached hydrogens (tertiary/aromatic N) is 1. The highest BCUT2D eigenvalue weighted by atomic mass is 35.7. The van der Waals surface area contributed by atoms with Crippen LogP contribution in [0.4, 0.5) is 0 Å². The zero-order valence-electron chi connectivity index (χ0n) is 3.75. The fraction of sp³-hybridized carbons (Fsp3) is 0.500. The van der Waals surface area contributed by atoms with Gasteiger partial charge in [-0.05, 0) is 10.7 Å². The monoisotopic (exact) mass is 245 g/mol. The predicted octanol–water partition coefficient (Wildman–Crippen LogP) is 3.80. The SMILES string of the molecule is ClS/N=C(/Cl)C(Cl)(Cl)Cl. The molecule has 0 aromatic rings. The summed E-state index contributed by atoms with van der Waals surface area (Å²) in [6.45, 7) is 0. The Morgan fingerprint density at radius 1 is 1.33 bits per heavy atom. The van der Waals surface area contributed by atoms with E-state index in [9.17, 15) is 0 Å². The Morgan fingerprint density at radius 3 is 1.89 bits per heavy atom. The van der Waals surface area contributed by atoms with Gasteiger partial charge in [-0.1, -0.05) is 46.4 Å². The van der Waals surface area contributed by atoms with Crippen LogP contribution in [0.25, 0.3) is 0 Å². The fourth-order valence-electron chi connectivity index (χ4n) is 0.0820. The zero-order valence-corrected chi connectivity index (χ0v) is 8.34. The van der Waals surface area contributed by atoms with Gasteiger partial charge in [-0.3, -0.25) is 0 Å². The lowest BCUT2D eigenvalue weighted by molar-refractivity contribution is 1.61. The second-order valence-electron chi connectivity index (χ2n) is 0.949. The Balaban J connectivity index is 4.03. The molecule has 0 bridgehead atoms. The average molecular weight is 247 g/mol. The van der Waals surface area contributed by atoms with Gasteiger partial charge in [-0.2, -0.15) is 4.40 Å². The molecule has 0 N–H and O–H groups in total. The first-order valence-corrected chi connectivity index (χ1v) is 4.68. The highest BCUT2D eigenvalue weighted by Gasteiger charge is 2.26. The van der Waals surface area contributed by atoms with Gasteiger partial charge >= 0.3 is 0 Å². The van der Waals surface area contributed by atoms with Crippen LogP contribution in [0, 0.1) is 0 Å². The molecule has 1 nitrogen and oxygen atoms in total. The minimum atomic E-state index is -1.66. The number of alkyl halides is 3. The number of halogens is 5. The topological polar surface area (TPSA) is 12.4 Å². The van der Waals surface area contributed by atoms with Crippen LogP contribution in [0.2, 0.25) is 0 Å². The van der Waals surface area contributed by atoms with Crippen LogP contribution >= 0.6 is 68.2 Å². The van der Waals surface area contributed by atoms with E-state index >= 15 is 0 Å². The normalized spacial score (nSPS) is 14.1. The number of rotatable bonds is 1. The van der Waals surface area contributed by atoms with Crippen molar-refractivity contribution in [3.8, 4) is 0 Å². The van der Waals surface area contributed by atoms with Crippen LogP contribution < -0.4 is 0 Å². The third kappa shape index (κ3) is 4.82. The molecule has 7 heteroatoms. The quantitative estimate of drug-likeness (QED) is 0.390. The first kappa shape index (κ1) is 10.5. The minimum Gasteiger partial charge on any atom is -0.188 e. The van der Waals surface area contributed by atoms with Crippen molar-refractivity contribution in [1.82, 2.24) is 0 Å². The van der Waals surface area contributed by atoms with Crippen LogP contribution in [0.15, 0.2) is 4.40 Å². The standard InChI is InChI=1S/C2Cl5NS/c3-1(8-9-7)2(4,5)6/b8-1+. The molecule has 0 fully saturated rings. The molecule has 0 heterocycles. The summed E-state index contributed by atoms with van der Waals surface area (Å²) in [6.07, 6.45) is 0. The molecule has 0 aliphatic rings. The van der Waals surface area contributed by atoms with E-state index in [1.165, 1.54) is 0 Å². The van der Waals surface area contributed by atoms with E-state index < -0.39 is 3.79 Å². The minimum absolute atomic E-state index is 0.160. The van der Waals surface area contributed by atoms with E-state index in [1.54, 1.807) is 0 Å². The van der Waals surface area contributed by atoms with Crippen molar-refractivity contribution < 1.29 is 0 Å². The molecule has 0 aliphatic heterocycles. The second kappa shape index (κ2) is 4.37. The van der Waals surface area contributed by atoms with Gasteiger partial charge in [0, 0.05) is 0 Å². The lowest BCUT2D eigenvalue weighted by atomic mass is 10.8. The van der Waals surface area contributed by atoms with E-state index in [-0.39, 0.29) is 5.17 Å². The third-order valence-corrected chi connectivity index (χ3v) is 2.10. The molecule has 0 saturated carbocycles. The van der Waals surface area contributed by atoms with Gasteiger partial charge in [0.2, 0.25) is 3.79 Å². The molecule has 0 aromatic carbocycles. The summed E-state index contributed by atoms with van der Waals surface area (Å²) in [5.74, 6) is 0. The van der Waals surface area contributed by atoms with Gasteiger partial charge in [0.05, 0.1) is 11.2 Å². The fourth-order valence-corrected chi connectivity index (χ4v) is 0.973. The van der Waals surface area contributed by atoms with Crippen LogP contribution in [-0.2, 0) is 0 Å². The van der Waals surface area contributed by atoms with E-state index in [4.69, 9.17) is 57.1 Å². The Hall–Kier alpha value is 1.47. The molecule has 0 radical (unpaired) electrons. The number of hydrogen-bond donors (Lipinski definition) is 0. The van der Waals surface area contributed by atoms with E-state index in [2.05, 4.69) is 4.40 Å². The summed E-state index contributed by atoms with van der Waals surface area (Å²) >= 11 is 21.7. The van der Waals surface area contributed by atoms with Crippen molar-refractivity contribution in [2.45, 2.75) is 3.79 Å². The molecular weight excluding hydrogens is 247 g/mol. The van der Waals surface area contributed by atoms with Crippen molar-refractivity contribution in [3.05, 3.63) is 0 Å². The first-order chi connectivity index (χ1) is 3.98. The summed E-state index contributed by atoms with van der Waals surface area (Å²) in [6, 6.07) is 0. The van der Waals surface area contributed by atoms with Gasteiger partial charge in [-0.25, -0.2) is 0 Å². The highest BCUT2D eigenvalue weighted by molar-refractivity contribution is 8.20.